The Labute approximate surface area is 262 Å². The fourth-order valence-electron chi connectivity index (χ4n) is 4.96. The number of benzene rings is 3. The van der Waals surface area contributed by atoms with Crippen LogP contribution in [0.3, 0.4) is 0 Å². The summed E-state index contributed by atoms with van der Waals surface area (Å²) in [5.41, 5.74) is -1.52. The van der Waals surface area contributed by atoms with Crippen LogP contribution in [0.5, 0.6) is 0 Å². The Morgan fingerprint density at radius 1 is 0.804 bits per heavy atom. The lowest BCUT2D eigenvalue weighted by Crippen LogP contribution is -2.59. The number of hydrogen-bond donors (Lipinski definition) is 3. The number of pyridine rings is 2. The average molecular weight is 655 g/mol. The summed E-state index contributed by atoms with van der Waals surface area (Å²) in [5.74, 6) is 0.537. The van der Waals surface area contributed by atoms with Gasteiger partial charge in [0.05, 0.1) is 24.0 Å². The summed E-state index contributed by atoms with van der Waals surface area (Å²) in [7, 11) is 0. The van der Waals surface area contributed by atoms with Crippen molar-refractivity contribution in [3.8, 4) is 11.3 Å². The van der Waals surface area contributed by atoms with E-state index in [1.54, 1.807) is 31.5 Å². The van der Waals surface area contributed by atoms with Crippen LogP contribution in [0, 0.1) is 6.92 Å². The molecule has 3 N–H and O–H groups in total. The first-order valence-electron chi connectivity index (χ1n) is 13.8. The normalized spacial score (nSPS) is 12.5. The van der Waals surface area contributed by atoms with Gasteiger partial charge in [0, 0.05) is 50.4 Å². The van der Waals surface area contributed by atoms with Crippen molar-refractivity contribution < 1.29 is 31.4 Å². The van der Waals surface area contributed by atoms with Crippen molar-refractivity contribution in [2.45, 2.75) is 36.3 Å². The highest BCUT2D eigenvalue weighted by Crippen LogP contribution is 2.44. The van der Waals surface area contributed by atoms with E-state index in [-0.39, 0.29) is 5.52 Å². The van der Waals surface area contributed by atoms with Crippen LogP contribution >= 0.6 is 11.9 Å². The van der Waals surface area contributed by atoms with Crippen LogP contribution in [-0.4, -0.2) is 42.8 Å². The molecule has 0 aliphatic rings. The number of para-hydroxylation sites is 1. The molecule has 7 nitrogen and oxygen atoms in total. The Morgan fingerprint density at radius 2 is 1.52 bits per heavy atom. The fourth-order valence-corrected chi connectivity index (χ4v) is 5.60. The molecule has 0 spiro atoms. The Balaban J connectivity index is 1.27. The van der Waals surface area contributed by atoms with Gasteiger partial charge in [-0.25, -0.2) is 4.98 Å². The number of aryl methyl sites for hydroxylation is 1. The maximum absolute atomic E-state index is 13.4. The molecular weight excluding hydrogens is 630 g/mol. The average Bonchev–Trinajstić information content (AvgIpc) is 3.43. The number of aliphatic hydroxyl groups is 1. The van der Waals surface area contributed by atoms with Gasteiger partial charge in [0.15, 0.2) is 0 Å². The van der Waals surface area contributed by atoms with Crippen molar-refractivity contribution in [3.63, 3.8) is 0 Å². The Kier molecular flexibility index (Phi) is 8.02. The number of alkyl halides is 6. The third kappa shape index (κ3) is 5.93. The SMILES string of the molecule is Cc1c(-c2nccc3cnc(Nc4ccc(SNc5ccccc5)cc4)cc23)ccc2c1cnn2CC(O)(C(F)(F)F)C(F)(F)F. The van der Waals surface area contributed by atoms with Gasteiger partial charge in [-0.2, -0.15) is 31.4 Å². The van der Waals surface area contributed by atoms with E-state index in [1.807, 2.05) is 60.7 Å². The van der Waals surface area contributed by atoms with Crippen LogP contribution in [0.1, 0.15) is 5.56 Å². The van der Waals surface area contributed by atoms with Crippen molar-refractivity contribution in [1.29, 1.82) is 0 Å². The molecule has 3 aromatic heterocycles. The fraction of sp³-hybridized carbons (Fsp3) is 0.156. The molecule has 3 aromatic carbocycles. The van der Waals surface area contributed by atoms with Gasteiger partial charge in [0.2, 0.25) is 0 Å². The summed E-state index contributed by atoms with van der Waals surface area (Å²) < 4.78 is 83.9. The molecule has 0 saturated heterocycles. The van der Waals surface area contributed by atoms with Crippen molar-refractivity contribution >= 4 is 50.8 Å². The minimum atomic E-state index is -5.97. The summed E-state index contributed by atoms with van der Waals surface area (Å²) in [6, 6.07) is 24.1. The van der Waals surface area contributed by atoms with E-state index >= 15 is 0 Å². The van der Waals surface area contributed by atoms with Crippen molar-refractivity contribution in [3.05, 3.63) is 103 Å². The van der Waals surface area contributed by atoms with Crippen molar-refractivity contribution in [1.82, 2.24) is 19.7 Å². The van der Waals surface area contributed by atoms with Gasteiger partial charge in [0.25, 0.3) is 5.60 Å². The molecule has 0 atom stereocenters. The van der Waals surface area contributed by atoms with E-state index in [4.69, 9.17) is 0 Å². The van der Waals surface area contributed by atoms with E-state index in [9.17, 15) is 31.4 Å². The molecule has 6 rings (SSSR count). The number of nitrogens with one attached hydrogen (secondary N) is 2. The molecule has 0 aliphatic heterocycles. The summed E-state index contributed by atoms with van der Waals surface area (Å²) >= 11 is 1.48. The predicted octanol–water partition coefficient (Wildman–Crippen LogP) is 8.67. The molecule has 0 bridgehead atoms. The molecule has 6 aromatic rings. The highest BCUT2D eigenvalue weighted by atomic mass is 32.2. The number of aromatic nitrogens is 4. The lowest BCUT2D eigenvalue weighted by Gasteiger charge is -2.32. The van der Waals surface area contributed by atoms with Crippen LogP contribution in [0.2, 0.25) is 0 Å². The summed E-state index contributed by atoms with van der Waals surface area (Å²) in [5, 5.41) is 18.6. The first-order chi connectivity index (χ1) is 21.8. The Morgan fingerprint density at radius 3 is 2.22 bits per heavy atom. The molecule has 0 unspecified atom stereocenters. The summed E-state index contributed by atoms with van der Waals surface area (Å²) in [6.45, 7) is -0.171. The van der Waals surface area contributed by atoms with Crippen LogP contribution in [0.4, 0.5) is 43.5 Å². The molecule has 0 radical (unpaired) electrons. The third-order valence-electron chi connectivity index (χ3n) is 7.50. The summed E-state index contributed by atoms with van der Waals surface area (Å²) in [4.78, 5) is 10.1. The number of anilines is 3. The molecule has 14 heteroatoms. The molecular formula is C32H24F6N6OS. The topological polar surface area (TPSA) is 87.9 Å². The second-order valence-corrected chi connectivity index (χ2v) is 11.4. The molecule has 0 amide bonds. The maximum atomic E-state index is 13.4. The van der Waals surface area contributed by atoms with E-state index in [0.29, 0.717) is 32.7 Å². The second-order valence-electron chi connectivity index (χ2n) is 10.5. The number of rotatable bonds is 8. The van der Waals surface area contributed by atoms with Gasteiger partial charge < -0.3 is 15.1 Å². The Bertz CT molecular complexity index is 2000. The number of nitrogens with zero attached hydrogens (tertiary/aromatic N) is 4. The maximum Gasteiger partial charge on any atom is 0.428 e. The molecule has 3 heterocycles. The van der Waals surface area contributed by atoms with Gasteiger partial charge >= 0.3 is 12.4 Å². The zero-order valence-electron chi connectivity index (χ0n) is 23.9. The van der Waals surface area contributed by atoms with Crippen LogP contribution in [-0.2, 0) is 6.54 Å². The highest BCUT2D eigenvalue weighted by molar-refractivity contribution is 8.00. The molecule has 0 fully saturated rings. The second kappa shape index (κ2) is 11.8. The number of halogens is 6. The molecule has 0 aliphatic carbocycles. The van der Waals surface area contributed by atoms with Crippen LogP contribution < -0.4 is 10.0 Å². The van der Waals surface area contributed by atoms with Gasteiger partial charge in [-0.05, 0) is 79.0 Å². The van der Waals surface area contributed by atoms with Crippen molar-refractivity contribution in [2.24, 2.45) is 0 Å². The van der Waals surface area contributed by atoms with Crippen LogP contribution in [0.25, 0.3) is 32.9 Å². The molecule has 0 saturated carbocycles. The van der Waals surface area contributed by atoms with Gasteiger partial charge in [-0.15, -0.1) is 0 Å². The lowest BCUT2D eigenvalue weighted by atomic mass is 9.98. The summed E-state index contributed by atoms with van der Waals surface area (Å²) in [6.07, 6.45) is -7.49. The van der Waals surface area contributed by atoms with E-state index in [2.05, 4.69) is 25.1 Å². The minimum Gasteiger partial charge on any atom is -0.372 e. The molecule has 46 heavy (non-hydrogen) atoms. The van der Waals surface area contributed by atoms with E-state index in [0.717, 1.165) is 27.0 Å². The van der Waals surface area contributed by atoms with Crippen LogP contribution in [0.15, 0.2) is 102 Å². The smallest absolute Gasteiger partial charge is 0.372 e. The van der Waals surface area contributed by atoms with Crippen molar-refractivity contribution in [2.75, 3.05) is 10.0 Å². The largest absolute Gasteiger partial charge is 0.428 e. The van der Waals surface area contributed by atoms with Gasteiger partial charge in [0.1, 0.15) is 5.82 Å². The highest BCUT2D eigenvalue weighted by Gasteiger charge is 2.70. The third-order valence-corrected chi connectivity index (χ3v) is 8.35. The monoisotopic (exact) mass is 654 g/mol. The standard InChI is InChI=1S/C32H24F6N6OS/c1-19-24(11-12-27-26(19)17-41-44(27)18-30(45,31(33,34)35)32(36,37)38)29-25-15-28(40-16-20(25)13-14-39-29)42-21-7-9-23(10-8-21)46-43-22-5-3-2-4-6-22/h2-17,43,45H,18H2,1H3,(H,40,42). The lowest BCUT2D eigenvalue weighted by molar-refractivity contribution is -0.372. The Hall–Kier alpha value is -4.82. The van der Waals surface area contributed by atoms with E-state index < -0.39 is 24.5 Å². The number of hydrogen-bond acceptors (Lipinski definition) is 7. The minimum absolute atomic E-state index is 0.00184. The van der Waals surface area contributed by atoms with E-state index in [1.165, 1.54) is 24.2 Å². The van der Waals surface area contributed by atoms with Gasteiger partial charge in [-0.1, -0.05) is 24.3 Å². The molecule has 236 valence electrons. The number of fused-ring (bicyclic) bond motifs is 2. The van der Waals surface area contributed by atoms with Gasteiger partial charge in [-0.3, -0.25) is 9.67 Å². The first kappa shape index (κ1) is 31.2. The zero-order chi connectivity index (χ0) is 32.7. The quantitative estimate of drug-likeness (QED) is 0.112. The predicted molar refractivity (Wildman–Crippen MR) is 166 cm³/mol. The first-order valence-corrected chi connectivity index (χ1v) is 14.6. The zero-order valence-corrected chi connectivity index (χ0v) is 24.7.